The van der Waals surface area contributed by atoms with Crippen LogP contribution in [0.2, 0.25) is 0 Å². The van der Waals surface area contributed by atoms with Gasteiger partial charge in [0.25, 0.3) is 0 Å². The summed E-state index contributed by atoms with van der Waals surface area (Å²) < 4.78 is 4.55. The molecule has 150 valence electrons. The average Bonchev–Trinajstić information content (AvgIpc) is 3.18. The molecule has 2 nitrogen and oxygen atoms in total. The van der Waals surface area contributed by atoms with Crippen LogP contribution in [0.5, 0.6) is 0 Å². The van der Waals surface area contributed by atoms with Crippen LogP contribution in [0.25, 0.3) is 5.69 Å². The van der Waals surface area contributed by atoms with E-state index in [1.165, 1.54) is 88.3 Å². The first-order chi connectivity index (χ1) is 13.3. The first kappa shape index (κ1) is 21.7. The van der Waals surface area contributed by atoms with Crippen LogP contribution >= 0.6 is 0 Å². The molecule has 1 aromatic heterocycles. The summed E-state index contributed by atoms with van der Waals surface area (Å²) in [5.74, 6) is 0. The van der Waals surface area contributed by atoms with Gasteiger partial charge >= 0.3 is 0 Å². The first-order valence-electron chi connectivity index (χ1n) is 11.5. The maximum absolute atomic E-state index is 2.32. The predicted octanol–water partition coefficient (Wildman–Crippen LogP) is 7.03. The SMILES string of the molecule is CCCCCCCCCCCCCCn1cc[n+](-c2ccc(CC)cc2)c1. The van der Waals surface area contributed by atoms with Crippen LogP contribution in [0, 0.1) is 0 Å². The normalized spacial score (nSPS) is 11.2. The molecule has 0 atom stereocenters. The lowest BCUT2D eigenvalue weighted by Crippen LogP contribution is -2.27. The molecular formula is C25H41N2+. The summed E-state index contributed by atoms with van der Waals surface area (Å²) in [5.41, 5.74) is 2.65. The molecular weight excluding hydrogens is 328 g/mol. The average molecular weight is 370 g/mol. The van der Waals surface area contributed by atoms with Crippen LogP contribution < -0.4 is 4.57 Å². The molecule has 0 radical (unpaired) electrons. The van der Waals surface area contributed by atoms with Crippen LogP contribution in [0.4, 0.5) is 0 Å². The van der Waals surface area contributed by atoms with Crippen molar-refractivity contribution in [1.29, 1.82) is 0 Å². The van der Waals surface area contributed by atoms with Crippen LogP contribution in [-0.4, -0.2) is 4.57 Å². The zero-order chi connectivity index (χ0) is 19.2. The van der Waals surface area contributed by atoms with Gasteiger partial charge in [0, 0.05) is 0 Å². The summed E-state index contributed by atoms with van der Waals surface area (Å²) in [6.45, 7) is 5.63. The third-order valence-electron chi connectivity index (χ3n) is 5.60. The van der Waals surface area contributed by atoms with Gasteiger partial charge in [0.2, 0.25) is 6.33 Å². The fraction of sp³-hybridized carbons (Fsp3) is 0.640. The summed E-state index contributed by atoms with van der Waals surface area (Å²) in [5, 5.41) is 0. The van der Waals surface area contributed by atoms with E-state index >= 15 is 0 Å². The largest absolute Gasteiger partial charge is 0.248 e. The molecule has 0 fully saturated rings. The second kappa shape index (κ2) is 13.6. The first-order valence-corrected chi connectivity index (χ1v) is 11.5. The number of aromatic nitrogens is 2. The van der Waals surface area contributed by atoms with Gasteiger partial charge in [0.05, 0.1) is 6.54 Å². The quantitative estimate of drug-likeness (QED) is 0.235. The number of nitrogens with zero attached hydrogens (tertiary/aromatic N) is 2. The highest BCUT2D eigenvalue weighted by Gasteiger charge is 2.06. The van der Waals surface area contributed by atoms with Gasteiger partial charge in [-0.25, -0.2) is 9.13 Å². The maximum Gasteiger partial charge on any atom is 0.248 e. The molecule has 1 aromatic carbocycles. The Bertz CT molecular complexity index is 597. The summed E-state index contributed by atoms with van der Waals surface area (Å²) in [6.07, 6.45) is 24.6. The summed E-state index contributed by atoms with van der Waals surface area (Å²) in [4.78, 5) is 0. The fourth-order valence-corrected chi connectivity index (χ4v) is 3.72. The predicted molar refractivity (Wildman–Crippen MR) is 116 cm³/mol. The molecule has 0 aliphatic rings. The maximum atomic E-state index is 2.32. The van der Waals surface area contributed by atoms with Crippen molar-refractivity contribution in [3.8, 4) is 5.69 Å². The van der Waals surface area contributed by atoms with Gasteiger partial charge in [-0.3, -0.25) is 0 Å². The highest BCUT2D eigenvalue weighted by atomic mass is 15.1. The Morgan fingerprint density at radius 3 is 1.81 bits per heavy atom. The summed E-state index contributed by atoms with van der Waals surface area (Å²) in [7, 11) is 0. The molecule has 1 heterocycles. The highest BCUT2D eigenvalue weighted by Crippen LogP contribution is 2.12. The Hall–Kier alpha value is -1.57. The Kier molecular flexibility index (Phi) is 10.9. The van der Waals surface area contributed by atoms with Crippen LogP contribution in [0.15, 0.2) is 43.0 Å². The molecule has 2 rings (SSSR count). The standard InChI is InChI=1S/C25H41N2/c1-3-5-6-7-8-9-10-11-12-13-14-15-20-26-21-22-27(23-26)25-18-16-24(4-2)17-19-25/h16-19,21-23H,3-15,20H2,1-2H3/q+1. The Morgan fingerprint density at radius 1 is 0.704 bits per heavy atom. The summed E-state index contributed by atoms with van der Waals surface area (Å²) >= 11 is 0. The van der Waals surface area contributed by atoms with E-state index in [2.05, 4.69) is 66.0 Å². The molecule has 0 N–H and O–H groups in total. The van der Waals surface area contributed by atoms with Gasteiger partial charge in [-0.2, -0.15) is 0 Å². The van der Waals surface area contributed by atoms with E-state index < -0.39 is 0 Å². The topological polar surface area (TPSA) is 8.81 Å². The molecule has 0 aliphatic carbocycles. The second-order valence-electron chi connectivity index (χ2n) is 7.97. The van der Waals surface area contributed by atoms with Gasteiger partial charge in [-0.15, -0.1) is 0 Å². The smallest absolute Gasteiger partial charge is 0.236 e. The number of aryl methyl sites for hydroxylation is 2. The zero-order valence-corrected chi connectivity index (χ0v) is 17.8. The van der Waals surface area contributed by atoms with E-state index in [9.17, 15) is 0 Å². The molecule has 0 saturated carbocycles. The molecule has 0 unspecified atom stereocenters. The molecule has 0 saturated heterocycles. The molecule has 0 amide bonds. The Morgan fingerprint density at radius 2 is 1.26 bits per heavy atom. The molecule has 0 aliphatic heterocycles. The van der Waals surface area contributed by atoms with Crippen molar-refractivity contribution in [3.05, 3.63) is 48.5 Å². The lowest BCUT2D eigenvalue weighted by molar-refractivity contribution is -0.595. The number of hydrogen-bond acceptors (Lipinski definition) is 0. The minimum Gasteiger partial charge on any atom is -0.236 e. The van der Waals surface area contributed by atoms with E-state index in [-0.39, 0.29) is 0 Å². The van der Waals surface area contributed by atoms with Crippen LogP contribution in [0.1, 0.15) is 96.5 Å². The van der Waals surface area contributed by atoms with Crippen LogP contribution in [-0.2, 0) is 13.0 Å². The van der Waals surface area contributed by atoms with Crippen molar-refractivity contribution in [2.24, 2.45) is 0 Å². The molecule has 27 heavy (non-hydrogen) atoms. The number of unbranched alkanes of at least 4 members (excludes halogenated alkanes) is 11. The van der Waals surface area contributed by atoms with Crippen molar-refractivity contribution < 1.29 is 4.57 Å². The molecule has 2 aromatic rings. The van der Waals surface area contributed by atoms with E-state index in [0.717, 1.165) is 13.0 Å². The van der Waals surface area contributed by atoms with Crippen molar-refractivity contribution >= 4 is 0 Å². The summed E-state index contributed by atoms with van der Waals surface area (Å²) in [6, 6.07) is 8.88. The van der Waals surface area contributed by atoms with Gasteiger partial charge in [0.1, 0.15) is 18.1 Å². The minimum atomic E-state index is 1.10. The lowest BCUT2D eigenvalue weighted by atomic mass is 10.1. The number of imidazole rings is 1. The second-order valence-corrected chi connectivity index (χ2v) is 7.97. The number of hydrogen-bond donors (Lipinski definition) is 0. The van der Waals surface area contributed by atoms with E-state index in [1.807, 2.05) is 0 Å². The van der Waals surface area contributed by atoms with Gasteiger partial charge < -0.3 is 0 Å². The van der Waals surface area contributed by atoms with Gasteiger partial charge in [0.15, 0.2) is 0 Å². The Labute approximate surface area is 167 Å². The lowest BCUT2D eigenvalue weighted by Gasteiger charge is -2.02. The van der Waals surface area contributed by atoms with E-state index in [4.69, 9.17) is 0 Å². The minimum absolute atomic E-state index is 1.10. The van der Waals surface area contributed by atoms with E-state index in [1.54, 1.807) is 0 Å². The molecule has 0 bridgehead atoms. The van der Waals surface area contributed by atoms with Gasteiger partial charge in [-0.1, -0.05) is 90.2 Å². The molecule has 0 spiro atoms. The third-order valence-corrected chi connectivity index (χ3v) is 5.60. The van der Waals surface area contributed by atoms with Crippen molar-refractivity contribution in [2.75, 3.05) is 0 Å². The number of rotatable bonds is 15. The monoisotopic (exact) mass is 369 g/mol. The number of benzene rings is 1. The fourth-order valence-electron chi connectivity index (χ4n) is 3.72. The van der Waals surface area contributed by atoms with Gasteiger partial charge in [-0.05, 0) is 37.0 Å². The highest BCUT2D eigenvalue weighted by molar-refractivity contribution is 5.27. The van der Waals surface area contributed by atoms with E-state index in [0.29, 0.717) is 0 Å². The molecule has 2 heteroatoms. The zero-order valence-electron chi connectivity index (χ0n) is 17.8. The van der Waals surface area contributed by atoms with Crippen molar-refractivity contribution in [3.63, 3.8) is 0 Å². The van der Waals surface area contributed by atoms with Crippen molar-refractivity contribution in [2.45, 2.75) is 104 Å². The Balaban J connectivity index is 1.51. The van der Waals surface area contributed by atoms with Crippen LogP contribution in [0.3, 0.4) is 0 Å². The third kappa shape index (κ3) is 8.77. The van der Waals surface area contributed by atoms with Crippen molar-refractivity contribution in [1.82, 2.24) is 4.57 Å².